The average molecular weight is 218 g/mol. The van der Waals surface area contributed by atoms with E-state index in [0.29, 0.717) is 0 Å². The van der Waals surface area contributed by atoms with Gasteiger partial charge < -0.3 is 4.74 Å². The molecule has 0 bridgehead atoms. The van der Waals surface area contributed by atoms with Crippen molar-refractivity contribution in [3.63, 3.8) is 0 Å². The second-order valence-corrected chi connectivity index (χ2v) is 3.50. The van der Waals surface area contributed by atoms with Crippen LogP contribution < -0.4 is 10.3 Å². The Morgan fingerprint density at radius 3 is 2.88 bits per heavy atom. The van der Waals surface area contributed by atoms with Gasteiger partial charge in [0.15, 0.2) is 0 Å². The summed E-state index contributed by atoms with van der Waals surface area (Å²) >= 11 is 0. The fourth-order valence-corrected chi connectivity index (χ4v) is 1.67. The van der Waals surface area contributed by atoms with E-state index in [1.165, 1.54) is 0 Å². The first kappa shape index (κ1) is 10.5. The zero-order valence-electron chi connectivity index (χ0n) is 9.36. The van der Waals surface area contributed by atoms with Crippen LogP contribution in [0.5, 0.6) is 5.75 Å². The van der Waals surface area contributed by atoms with Crippen LogP contribution in [0.15, 0.2) is 35.1 Å². The molecule has 0 amide bonds. The summed E-state index contributed by atoms with van der Waals surface area (Å²) in [6, 6.07) is 9.19. The zero-order valence-corrected chi connectivity index (χ0v) is 9.36. The van der Waals surface area contributed by atoms with Crippen molar-refractivity contribution in [1.82, 2.24) is 9.78 Å². The molecule has 1 aromatic carbocycles. The van der Waals surface area contributed by atoms with Crippen LogP contribution in [-0.4, -0.2) is 16.9 Å². The minimum atomic E-state index is -0.0836. The molecule has 0 atom stereocenters. The van der Waals surface area contributed by atoms with Crippen LogP contribution in [0.1, 0.15) is 12.6 Å². The predicted octanol–water partition coefficient (Wildman–Crippen LogP) is 1.74. The van der Waals surface area contributed by atoms with E-state index in [1.54, 1.807) is 17.9 Å². The molecule has 1 N–H and O–H groups in total. The number of rotatable bonds is 3. The number of aryl methyl sites for hydroxylation is 1. The van der Waals surface area contributed by atoms with Gasteiger partial charge in [-0.2, -0.15) is 0 Å². The lowest BCUT2D eigenvalue weighted by atomic mass is 10.3. The molecule has 2 aromatic rings. The van der Waals surface area contributed by atoms with E-state index in [1.807, 2.05) is 31.2 Å². The van der Waals surface area contributed by atoms with Gasteiger partial charge in [0.25, 0.3) is 5.56 Å². The first-order valence-corrected chi connectivity index (χ1v) is 5.20. The topological polar surface area (TPSA) is 47.0 Å². The highest BCUT2D eigenvalue weighted by atomic mass is 16.5. The Labute approximate surface area is 93.5 Å². The van der Waals surface area contributed by atoms with Gasteiger partial charge >= 0.3 is 0 Å². The van der Waals surface area contributed by atoms with Crippen molar-refractivity contribution in [3.05, 3.63) is 46.4 Å². The summed E-state index contributed by atoms with van der Waals surface area (Å²) in [6.45, 7) is 2.01. The van der Waals surface area contributed by atoms with Gasteiger partial charge in [0.1, 0.15) is 5.75 Å². The Balaban J connectivity index is 2.53. The maximum absolute atomic E-state index is 11.3. The van der Waals surface area contributed by atoms with Crippen molar-refractivity contribution in [2.75, 3.05) is 7.11 Å². The van der Waals surface area contributed by atoms with E-state index in [2.05, 4.69) is 5.10 Å². The van der Waals surface area contributed by atoms with Gasteiger partial charge in [-0.3, -0.25) is 14.6 Å². The van der Waals surface area contributed by atoms with Crippen LogP contribution in [0.2, 0.25) is 0 Å². The number of methoxy groups -OCH3 is 1. The molecule has 2 rings (SSSR count). The number of benzene rings is 1. The third-order valence-electron chi connectivity index (χ3n) is 2.48. The summed E-state index contributed by atoms with van der Waals surface area (Å²) in [5.74, 6) is 0.772. The van der Waals surface area contributed by atoms with Crippen molar-refractivity contribution in [1.29, 1.82) is 0 Å². The molecule has 16 heavy (non-hydrogen) atoms. The first-order chi connectivity index (χ1) is 7.74. The zero-order chi connectivity index (χ0) is 11.5. The number of H-pyrrole nitrogens is 1. The minimum Gasteiger partial charge on any atom is -0.497 e. The number of ether oxygens (including phenoxy) is 1. The summed E-state index contributed by atoms with van der Waals surface area (Å²) in [6.07, 6.45) is 0.802. The van der Waals surface area contributed by atoms with Crippen molar-refractivity contribution >= 4 is 0 Å². The lowest BCUT2D eigenvalue weighted by Gasteiger charge is -2.08. The molecule has 0 spiro atoms. The molecule has 0 aliphatic carbocycles. The van der Waals surface area contributed by atoms with Crippen molar-refractivity contribution in [3.8, 4) is 11.4 Å². The number of nitrogens with zero attached hydrogens (tertiary/aromatic N) is 1. The van der Waals surface area contributed by atoms with Crippen molar-refractivity contribution in [2.24, 2.45) is 0 Å². The van der Waals surface area contributed by atoms with Gasteiger partial charge in [-0.25, -0.2) is 0 Å². The van der Waals surface area contributed by atoms with E-state index in [0.717, 1.165) is 23.6 Å². The highest BCUT2D eigenvalue weighted by Gasteiger charge is 2.05. The molecule has 0 fully saturated rings. The number of nitrogens with one attached hydrogen (secondary N) is 1. The lowest BCUT2D eigenvalue weighted by molar-refractivity contribution is 0.414. The van der Waals surface area contributed by atoms with Gasteiger partial charge in [0.2, 0.25) is 0 Å². The van der Waals surface area contributed by atoms with Crippen LogP contribution >= 0.6 is 0 Å². The van der Waals surface area contributed by atoms with E-state index in [9.17, 15) is 4.79 Å². The summed E-state index contributed by atoms with van der Waals surface area (Å²) in [7, 11) is 1.62. The molecule has 1 heterocycles. The largest absolute Gasteiger partial charge is 0.497 e. The van der Waals surface area contributed by atoms with Gasteiger partial charge in [-0.15, -0.1) is 0 Å². The van der Waals surface area contributed by atoms with Crippen LogP contribution in [-0.2, 0) is 6.42 Å². The highest BCUT2D eigenvalue weighted by molar-refractivity contribution is 5.39. The molecule has 0 unspecified atom stereocenters. The maximum Gasteiger partial charge on any atom is 0.264 e. The summed E-state index contributed by atoms with van der Waals surface area (Å²) < 4.78 is 6.93. The maximum atomic E-state index is 11.3. The summed E-state index contributed by atoms with van der Waals surface area (Å²) in [5, 5.41) is 2.77. The fraction of sp³-hybridized carbons (Fsp3) is 0.250. The third kappa shape index (κ3) is 1.86. The molecule has 4 nitrogen and oxygen atoms in total. The number of aromatic amines is 1. The van der Waals surface area contributed by atoms with Crippen LogP contribution in [0.25, 0.3) is 5.69 Å². The van der Waals surface area contributed by atoms with E-state index < -0.39 is 0 Å². The van der Waals surface area contributed by atoms with Gasteiger partial charge in [-0.1, -0.05) is 13.0 Å². The predicted molar refractivity (Wildman–Crippen MR) is 62.3 cm³/mol. The Hall–Kier alpha value is -1.97. The lowest BCUT2D eigenvalue weighted by Crippen LogP contribution is -2.05. The summed E-state index contributed by atoms with van der Waals surface area (Å²) in [4.78, 5) is 11.3. The van der Waals surface area contributed by atoms with Crippen LogP contribution in [0.3, 0.4) is 0 Å². The molecule has 84 valence electrons. The van der Waals surface area contributed by atoms with Gasteiger partial charge in [-0.05, 0) is 18.6 Å². The smallest absolute Gasteiger partial charge is 0.264 e. The van der Waals surface area contributed by atoms with Crippen LogP contribution in [0, 0.1) is 0 Å². The number of hydrogen-bond donors (Lipinski definition) is 1. The molecule has 0 aliphatic rings. The molecule has 4 heteroatoms. The van der Waals surface area contributed by atoms with Crippen molar-refractivity contribution < 1.29 is 4.74 Å². The van der Waals surface area contributed by atoms with E-state index >= 15 is 0 Å². The molecule has 0 saturated carbocycles. The second-order valence-electron chi connectivity index (χ2n) is 3.50. The molecular weight excluding hydrogens is 204 g/mol. The summed E-state index contributed by atoms with van der Waals surface area (Å²) in [5.41, 5.74) is 1.77. The molecular formula is C12H14N2O2. The number of aromatic nitrogens is 2. The Bertz CT molecular complexity index is 540. The van der Waals surface area contributed by atoms with Gasteiger partial charge in [0, 0.05) is 17.8 Å². The Morgan fingerprint density at radius 1 is 1.38 bits per heavy atom. The molecule has 0 aliphatic heterocycles. The monoisotopic (exact) mass is 218 g/mol. The number of hydrogen-bond acceptors (Lipinski definition) is 2. The highest BCUT2D eigenvalue weighted by Crippen LogP contribution is 2.16. The van der Waals surface area contributed by atoms with E-state index in [-0.39, 0.29) is 5.56 Å². The van der Waals surface area contributed by atoms with Crippen LogP contribution in [0.4, 0.5) is 0 Å². The molecule has 0 radical (unpaired) electrons. The first-order valence-electron chi connectivity index (χ1n) is 5.20. The van der Waals surface area contributed by atoms with Crippen molar-refractivity contribution in [2.45, 2.75) is 13.3 Å². The average Bonchev–Trinajstić information content (AvgIpc) is 2.70. The van der Waals surface area contributed by atoms with E-state index in [4.69, 9.17) is 4.74 Å². The Morgan fingerprint density at radius 2 is 2.19 bits per heavy atom. The molecule has 1 aromatic heterocycles. The normalized spacial score (nSPS) is 10.4. The Kier molecular flexibility index (Phi) is 2.81. The molecule has 0 saturated heterocycles. The second kappa shape index (κ2) is 4.26. The standard InChI is InChI=1S/C12H14N2O2/c1-3-9-8-12(15)13-14(9)10-5-4-6-11(7-10)16-2/h4-8H,3H2,1-2H3,(H,13,15). The van der Waals surface area contributed by atoms with Gasteiger partial charge in [0.05, 0.1) is 12.8 Å². The third-order valence-corrected chi connectivity index (χ3v) is 2.48. The SMILES string of the molecule is CCc1cc(=O)[nH]n1-c1cccc(OC)c1. The minimum absolute atomic E-state index is 0.0836. The fourth-order valence-electron chi connectivity index (χ4n) is 1.67. The quantitative estimate of drug-likeness (QED) is 0.853.